The van der Waals surface area contributed by atoms with E-state index in [2.05, 4.69) is 15.6 Å². The summed E-state index contributed by atoms with van der Waals surface area (Å²) in [5, 5.41) is 6.48. The summed E-state index contributed by atoms with van der Waals surface area (Å²) in [5.41, 5.74) is 2.14. The molecular weight excluding hydrogens is 374 g/mol. The highest BCUT2D eigenvalue weighted by Gasteiger charge is 2.10. The van der Waals surface area contributed by atoms with Gasteiger partial charge in [0.25, 0.3) is 0 Å². The maximum Gasteiger partial charge on any atom is 0.191 e. The number of rotatable bonds is 8. The number of aryl methyl sites for hydroxylation is 1. The molecule has 0 fully saturated rings. The Morgan fingerprint density at radius 3 is 2.61 bits per heavy atom. The zero-order chi connectivity index (χ0) is 20.6. The summed E-state index contributed by atoms with van der Waals surface area (Å²) in [5.74, 6) is 2.34. The van der Waals surface area contributed by atoms with Gasteiger partial charge in [-0.2, -0.15) is 0 Å². The molecule has 1 atom stereocenters. The Hall–Kier alpha value is -2.54. The van der Waals surface area contributed by atoms with Crippen molar-refractivity contribution < 1.29 is 13.2 Å². The molecule has 0 bridgehead atoms. The molecule has 0 saturated heterocycles. The van der Waals surface area contributed by atoms with Gasteiger partial charge in [-0.3, -0.25) is 4.99 Å². The predicted octanol–water partition coefficient (Wildman–Crippen LogP) is 3.28. The molecule has 1 unspecified atom stereocenters. The number of nitrogens with one attached hydrogen (secondary N) is 2. The highest BCUT2D eigenvalue weighted by atomic mass is 32.2. The third-order valence-corrected chi connectivity index (χ3v) is 5.14. The molecule has 152 valence electrons. The molecule has 6 nitrogen and oxygen atoms in total. The Balaban J connectivity index is 1.97. The maximum absolute atomic E-state index is 11.3. The van der Waals surface area contributed by atoms with Gasteiger partial charge in [-0.05, 0) is 44.0 Å². The van der Waals surface area contributed by atoms with Crippen LogP contribution in [0.15, 0.2) is 53.5 Å². The Morgan fingerprint density at radius 2 is 1.93 bits per heavy atom. The van der Waals surface area contributed by atoms with E-state index in [1.54, 1.807) is 7.05 Å². The molecular formula is C21H29N3O3S. The third kappa shape index (κ3) is 7.60. The van der Waals surface area contributed by atoms with E-state index in [0.29, 0.717) is 18.9 Å². The maximum atomic E-state index is 11.3. The number of sulfone groups is 1. The van der Waals surface area contributed by atoms with Gasteiger partial charge in [-0.15, -0.1) is 0 Å². The molecule has 0 saturated carbocycles. The fourth-order valence-electron chi connectivity index (χ4n) is 2.63. The first-order valence-electron chi connectivity index (χ1n) is 9.24. The Morgan fingerprint density at radius 1 is 1.18 bits per heavy atom. The van der Waals surface area contributed by atoms with Crippen LogP contribution in [0, 0.1) is 6.92 Å². The van der Waals surface area contributed by atoms with E-state index in [4.69, 9.17) is 4.74 Å². The van der Waals surface area contributed by atoms with Crippen LogP contribution in [0.1, 0.15) is 24.5 Å². The van der Waals surface area contributed by atoms with Gasteiger partial charge in [-0.1, -0.05) is 30.3 Å². The SMILES string of the molecule is CN=C(NCc1ccccc1Oc1cccc(C)c1)NC(C)CCS(C)(=O)=O. The molecule has 0 aromatic heterocycles. The quantitative estimate of drug-likeness (QED) is 0.522. The van der Waals surface area contributed by atoms with Crippen molar-refractivity contribution >= 4 is 15.8 Å². The van der Waals surface area contributed by atoms with E-state index in [0.717, 1.165) is 22.6 Å². The van der Waals surface area contributed by atoms with Crippen molar-refractivity contribution in [3.8, 4) is 11.5 Å². The minimum atomic E-state index is -2.97. The van der Waals surface area contributed by atoms with E-state index in [-0.39, 0.29) is 11.8 Å². The summed E-state index contributed by atoms with van der Waals surface area (Å²) in [4.78, 5) is 4.22. The van der Waals surface area contributed by atoms with Gasteiger partial charge in [0.15, 0.2) is 5.96 Å². The number of para-hydroxylation sites is 1. The standard InChI is InChI=1S/C21H29N3O3S/c1-16-8-7-10-19(14-16)27-20-11-6-5-9-18(20)15-23-21(22-3)24-17(2)12-13-28(4,25)26/h5-11,14,17H,12-13,15H2,1-4H3,(H2,22,23,24). The molecule has 2 N–H and O–H groups in total. The molecule has 0 aliphatic carbocycles. The fourth-order valence-corrected chi connectivity index (χ4v) is 3.41. The van der Waals surface area contributed by atoms with E-state index < -0.39 is 9.84 Å². The first-order chi connectivity index (χ1) is 13.3. The van der Waals surface area contributed by atoms with Gasteiger partial charge in [0.1, 0.15) is 21.3 Å². The second-order valence-electron chi connectivity index (χ2n) is 6.92. The Kier molecular flexibility index (Phi) is 7.87. The highest BCUT2D eigenvalue weighted by Crippen LogP contribution is 2.25. The minimum absolute atomic E-state index is 0.0142. The molecule has 28 heavy (non-hydrogen) atoms. The van der Waals surface area contributed by atoms with Crippen LogP contribution in [0.3, 0.4) is 0 Å². The van der Waals surface area contributed by atoms with Crippen molar-refractivity contribution in [2.45, 2.75) is 32.9 Å². The van der Waals surface area contributed by atoms with Gasteiger partial charge in [-0.25, -0.2) is 8.42 Å². The number of hydrogen-bond donors (Lipinski definition) is 2. The van der Waals surface area contributed by atoms with Crippen LogP contribution in [0.5, 0.6) is 11.5 Å². The van der Waals surface area contributed by atoms with Crippen LogP contribution in [0.4, 0.5) is 0 Å². The van der Waals surface area contributed by atoms with E-state index in [1.165, 1.54) is 6.26 Å². The zero-order valence-electron chi connectivity index (χ0n) is 16.9. The second-order valence-corrected chi connectivity index (χ2v) is 9.18. The van der Waals surface area contributed by atoms with Gasteiger partial charge in [0.05, 0.1) is 5.75 Å². The average molecular weight is 404 g/mol. The second kappa shape index (κ2) is 10.1. The summed E-state index contributed by atoms with van der Waals surface area (Å²) in [6.45, 7) is 4.49. The van der Waals surface area contributed by atoms with Gasteiger partial charge < -0.3 is 15.4 Å². The van der Waals surface area contributed by atoms with Gasteiger partial charge >= 0.3 is 0 Å². The number of hydrogen-bond acceptors (Lipinski definition) is 4. The molecule has 0 aliphatic heterocycles. The van der Waals surface area contributed by atoms with Crippen LogP contribution < -0.4 is 15.4 Å². The van der Waals surface area contributed by atoms with E-state index >= 15 is 0 Å². The molecule has 0 aliphatic rings. The minimum Gasteiger partial charge on any atom is -0.457 e. The first kappa shape index (κ1) is 21.8. The number of nitrogens with zero attached hydrogens (tertiary/aromatic N) is 1. The summed E-state index contributed by atoms with van der Waals surface area (Å²) < 4.78 is 28.7. The summed E-state index contributed by atoms with van der Waals surface area (Å²) >= 11 is 0. The fraction of sp³-hybridized carbons (Fsp3) is 0.381. The predicted molar refractivity (Wildman–Crippen MR) is 115 cm³/mol. The van der Waals surface area contributed by atoms with Crippen molar-refractivity contribution in [1.29, 1.82) is 0 Å². The number of ether oxygens (including phenoxy) is 1. The molecule has 2 aromatic rings. The smallest absolute Gasteiger partial charge is 0.191 e. The molecule has 7 heteroatoms. The molecule has 0 radical (unpaired) electrons. The van der Waals surface area contributed by atoms with Crippen molar-refractivity contribution in [3.63, 3.8) is 0 Å². The van der Waals surface area contributed by atoms with Crippen LogP contribution >= 0.6 is 0 Å². The first-order valence-corrected chi connectivity index (χ1v) is 11.3. The average Bonchev–Trinajstić information content (AvgIpc) is 2.64. The van der Waals surface area contributed by atoms with Crippen molar-refractivity contribution in [3.05, 3.63) is 59.7 Å². The third-order valence-electron chi connectivity index (χ3n) is 4.16. The molecule has 2 rings (SSSR count). The number of aliphatic imine (C=N–C) groups is 1. The monoisotopic (exact) mass is 403 g/mol. The van der Waals surface area contributed by atoms with Crippen molar-refractivity contribution in [2.24, 2.45) is 4.99 Å². The largest absolute Gasteiger partial charge is 0.457 e. The van der Waals surface area contributed by atoms with Crippen LogP contribution in [-0.2, 0) is 16.4 Å². The van der Waals surface area contributed by atoms with Crippen molar-refractivity contribution in [1.82, 2.24) is 10.6 Å². The van der Waals surface area contributed by atoms with Crippen LogP contribution in [-0.4, -0.2) is 39.5 Å². The van der Waals surface area contributed by atoms with E-state index in [1.807, 2.05) is 62.4 Å². The van der Waals surface area contributed by atoms with Crippen molar-refractivity contribution in [2.75, 3.05) is 19.1 Å². The molecule has 2 aromatic carbocycles. The molecule has 0 amide bonds. The Bertz CT molecular complexity index is 911. The summed E-state index contributed by atoms with van der Waals surface area (Å²) in [6, 6.07) is 15.7. The Labute approximate surface area is 168 Å². The topological polar surface area (TPSA) is 79.8 Å². The lowest BCUT2D eigenvalue weighted by atomic mass is 10.2. The normalized spacial score (nSPS) is 13.1. The lowest BCUT2D eigenvalue weighted by molar-refractivity contribution is 0.474. The lowest BCUT2D eigenvalue weighted by Gasteiger charge is -2.18. The van der Waals surface area contributed by atoms with Crippen LogP contribution in [0.25, 0.3) is 0 Å². The van der Waals surface area contributed by atoms with Crippen LogP contribution in [0.2, 0.25) is 0 Å². The summed E-state index contributed by atoms with van der Waals surface area (Å²) in [7, 11) is -1.28. The number of guanidine groups is 1. The zero-order valence-corrected chi connectivity index (χ0v) is 17.7. The lowest BCUT2D eigenvalue weighted by Crippen LogP contribution is -2.42. The van der Waals surface area contributed by atoms with E-state index in [9.17, 15) is 8.42 Å². The summed E-state index contributed by atoms with van der Waals surface area (Å²) in [6.07, 6.45) is 1.77. The van der Waals surface area contributed by atoms with Gasteiger partial charge in [0, 0.05) is 31.5 Å². The highest BCUT2D eigenvalue weighted by molar-refractivity contribution is 7.90. The molecule has 0 heterocycles. The van der Waals surface area contributed by atoms with Gasteiger partial charge in [0.2, 0.25) is 0 Å². The molecule has 0 spiro atoms. The number of benzene rings is 2.